The maximum atomic E-state index is 12.2. The number of benzene rings is 1. The fourth-order valence-corrected chi connectivity index (χ4v) is 1.99. The van der Waals surface area contributed by atoms with Gasteiger partial charge in [-0.1, -0.05) is 30.3 Å². The lowest BCUT2D eigenvalue weighted by molar-refractivity contribution is -0.00568. The summed E-state index contributed by atoms with van der Waals surface area (Å²) >= 11 is 0. The van der Waals surface area contributed by atoms with Gasteiger partial charge in [-0.05, 0) is 26.3 Å². The van der Waals surface area contributed by atoms with Crippen molar-refractivity contribution in [2.45, 2.75) is 39.0 Å². The molecule has 0 bridgehead atoms. The van der Waals surface area contributed by atoms with Crippen molar-refractivity contribution in [2.75, 3.05) is 0 Å². The van der Waals surface area contributed by atoms with Crippen molar-refractivity contribution in [3.63, 3.8) is 0 Å². The number of ether oxygens (including phenoxy) is 1. The number of esters is 1. The van der Waals surface area contributed by atoms with Gasteiger partial charge in [0.05, 0.1) is 24.7 Å². The lowest BCUT2D eigenvalue weighted by atomic mass is 10.1. The summed E-state index contributed by atoms with van der Waals surface area (Å²) in [6, 6.07) is 9.82. The fraction of sp³-hybridized carbons (Fsp3) is 0.375. The summed E-state index contributed by atoms with van der Waals surface area (Å²) in [6.07, 6.45) is 1.82. The molecule has 21 heavy (non-hydrogen) atoms. The molecule has 1 N–H and O–H groups in total. The third-order valence-corrected chi connectivity index (χ3v) is 3.55. The molecule has 0 aliphatic carbocycles. The highest BCUT2D eigenvalue weighted by Gasteiger charge is 2.21. The molecule has 1 aromatic heterocycles. The number of hydrogen-bond acceptors (Lipinski definition) is 4. The number of aliphatic hydroxyl groups is 1. The van der Waals surface area contributed by atoms with Crippen molar-refractivity contribution in [3.05, 3.63) is 54.1 Å². The van der Waals surface area contributed by atoms with Crippen LogP contribution in [0.4, 0.5) is 0 Å². The monoisotopic (exact) mass is 288 g/mol. The van der Waals surface area contributed by atoms with Crippen LogP contribution < -0.4 is 0 Å². The molecule has 1 aromatic carbocycles. The summed E-state index contributed by atoms with van der Waals surface area (Å²) in [5, 5.41) is 9.42. The zero-order valence-corrected chi connectivity index (χ0v) is 12.4. The number of aliphatic hydroxyl groups excluding tert-OH is 1. The summed E-state index contributed by atoms with van der Waals surface area (Å²) in [6.45, 7) is 5.23. The van der Waals surface area contributed by atoms with Crippen molar-refractivity contribution >= 4 is 5.97 Å². The van der Waals surface area contributed by atoms with E-state index in [2.05, 4.69) is 4.98 Å². The van der Waals surface area contributed by atoms with Crippen LogP contribution in [0.15, 0.2) is 42.9 Å². The number of aromatic nitrogens is 2. The van der Waals surface area contributed by atoms with E-state index < -0.39 is 18.2 Å². The Labute approximate surface area is 124 Å². The van der Waals surface area contributed by atoms with Crippen molar-refractivity contribution in [1.29, 1.82) is 0 Å². The van der Waals surface area contributed by atoms with Crippen LogP contribution in [0.2, 0.25) is 0 Å². The zero-order valence-electron chi connectivity index (χ0n) is 12.4. The molecule has 5 nitrogen and oxygen atoms in total. The average molecular weight is 288 g/mol. The Bertz CT molecular complexity index is 593. The highest BCUT2D eigenvalue weighted by Crippen LogP contribution is 2.20. The van der Waals surface area contributed by atoms with Crippen LogP contribution in [0, 0.1) is 0 Å². The van der Waals surface area contributed by atoms with E-state index in [1.54, 1.807) is 24.7 Å². The Morgan fingerprint density at radius 1 is 1.24 bits per heavy atom. The van der Waals surface area contributed by atoms with E-state index in [1.807, 2.05) is 37.3 Å². The molecule has 2 aromatic rings. The van der Waals surface area contributed by atoms with E-state index in [9.17, 15) is 9.90 Å². The van der Waals surface area contributed by atoms with Crippen molar-refractivity contribution < 1.29 is 14.6 Å². The summed E-state index contributed by atoms with van der Waals surface area (Å²) in [5.41, 5.74) is 1.45. The standard InChI is InChI=1S/C16H20N2O3/c1-11(14-7-5-4-6-8-14)18-10-17-9-15(18)16(20)21-13(3)12(2)19/h4-13,19H,1-3H3/t11-,12+,13+/m1/s1. The van der Waals surface area contributed by atoms with Crippen LogP contribution in [0.5, 0.6) is 0 Å². The largest absolute Gasteiger partial charge is 0.455 e. The third kappa shape index (κ3) is 3.49. The SMILES string of the molecule is C[C@H](O)[C@H](C)OC(=O)c1cncn1[C@H](C)c1ccccc1. The Morgan fingerprint density at radius 3 is 2.52 bits per heavy atom. The normalized spacial score (nSPS) is 15.2. The molecule has 5 heteroatoms. The molecule has 0 radical (unpaired) electrons. The summed E-state index contributed by atoms with van der Waals surface area (Å²) in [4.78, 5) is 16.2. The number of imidazole rings is 1. The topological polar surface area (TPSA) is 64.3 Å². The number of carbonyl (C=O) groups excluding carboxylic acids is 1. The first-order valence-corrected chi connectivity index (χ1v) is 6.96. The highest BCUT2D eigenvalue weighted by molar-refractivity contribution is 5.87. The predicted octanol–water partition coefficient (Wildman–Crippen LogP) is 2.42. The summed E-state index contributed by atoms with van der Waals surface area (Å²) in [7, 11) is 0. The van der Waals surface area contributed by atoms with Crippen LogP contribution in [-0.2, 0) is 4.74 Å². The van der Waals surface area contributed by atoms with E-state index in [0.29, 0.717) is 5.69 Å². The Hall–Kier alpha value is -2.14. The van der Waals surface area contributed by atoms with E-state index in [1.165, 1.54) is 6.20 Å². The predicted molar refractivity (Wildman–Crippen MR) is 79.0 cm³/mol. The molecule has 0 unspecified atom stereocenters. The average Bonchev–Trinajstić information content (AvgIpc) is 2.96. The Morgan fingerprint density at radius 2 is 1.90 bits per heavy atom. The Balaban J connectivity index is 2.21. The van der Waals surface area contributed by atoms with E-state index in [0.717, 1.165) is 5.56 Å². The molecule has 1 heterocycles. The van der Waals surface area contributed by atoms with E-state index >= 15 is 0 Å². The van der Waals surface area contributed by atoms with Gasteiger partial charge < -0.3 is 14.4 Å². The van der Waals surface area contributed by atoms with E-state index in [4.69, 9.17) is 4.74 Å². The van der Waals surface area contributed by atoms with Gasteiger partial charge >= 0.3 is 5.97 Å². The van der Waals surface area contributed by atoms with Crippen LogP contribution >= 0.6 is 0 Å². The second-order valence-corrected chi connectivity index (χ2v) is 5.12. The molecule has 3 atom stereocenters. The maximum Gasteiger partial charge on any atom is 0.356 e. The molecular formula is C16H20N2O3. The molecular weight excluding hydrogens is 268 g/mol. The number of hydrogen-bond donors (Lipinski definition) is 1. The van der Waals surface area contributed by atoms with E-state index in [-0.39, 0.29) is 6.04 Å². The number of carbonyl (C=O) groups is 1. The molecule has 112 valence electrons. The molecule has 0 amide bonds. The van der Waals surface area contributed by atoms with Crippen molar-refractivity contribution in [1.82, 2.24) is 9.55 Å². The quantitative estimate of drug-likeness (QED) is 0.858. The van der Waals surface area contributed by atoms with Crippen molar-refractivity contribution in [2.24, 2.45) is 0 Å². The van der Waals surface area contributed by atoms with Crippen LogP contribution in [-0.4, -0.2) is 32.8 Å². The van der Waals surface area contributed by atoms with Gasteiger partial charge in [-0.25, -0.2) is 9.78 Å². The van der Waals surface area contributed by atoms with Gasteiger partial charge in [0.15, 0.2) is 0 Å². The molecule has 0 saturated heterocycles. The molecule has 0 spiro atoms. The van der Waals surface area contributed by atoms with Gasteiger partial charge in [0.1, 0.15) is 11.8 Å². The Kier molecular flexibility index (Phi) is 4.75. The van der Waals surface area contributed by atoms with Gasteiger partial charge in [0.2, 0.25) is 0 Å². The second-order valence-electron chi connectivity index (χ2n) is 5.12. The molecule has 2 rings (SSSR count). The van der Waals surface area contributed by atoms with Gasteiger partial charge in [-0.2, -0.15) is 0 Å². The second kappa shape index (κ2) is 6.54. The summed E-state index contributed by atoms with van der Waals surface area (Å²) in [5.74, 6) is -0.483. The minimum atomic E-state index is -0.711. The molecule has 0 fully saturated rings. The number of nitrogens with zero attached hydrogens (tertiary/aromatic N) is 2. The lowest BCUT2D eigenvalue weighted by Crippen LogP contribution is -2.27. The lowest BCUT2D eigenvalue weighted by Gasteiger charge is -2.19. The molecule has 0 saturated carbocycles. The first-order valence-electron chi connectivity index (χ1n) is 6.96. The van der Waals surface area contributed by atoms with Crippen molar-refractivity contribution in [3.8, 4) is 0 Å². The summed E-state index contributed by atoms with van der Waals surface area (Å²) < 4.78 is 7.00. The smallest absolute Gasteiger partial charge is 0.356 e. The minimum absolute atomic E-state index is 0.0295. The molecule has 0 aliphatic rings. The maximum absolute atomic E-state index is 12.2. The van der Waals surface area contributed by atoms with Gasteiger partial charge in [0.25, 0.3) is 0 Å². The van der Waals surface area contributed by atoms with Crippen LogP contribution in [0.3, 0.4) is 0 Å². The highest BCUT2D eigenvalue weighted by atomic mass is 16.6. The first-order chi connectivity index (χ1) is 10.0. The number of rotatable bonds is 5. The van der Waals surface area contributed by atoms with Gasteiger partial charge in [0, 0.05) is 0 Å². The van der Waals surface area contributed by atoms with Crippen LogP contribution in [0.1, 0.15) is 42.9 Å². The first kappa shape index (κ1) is 15.3. The van der Waals surface area contributed by atoms with Crippen LogP contribution in [0.25, 0.3) is 0 Å². The van der Waals surface area contributed by atoms with Gasteiger partial charge in [-0.15, -0.1) is 0 Å². The molecule has 0 aliphatic heterocycles. The van der Waals surface area contributed by atoms with Gasteiger partial charge in [-0.3, -0.25) is 0 Å². The minimum Gasteiger partial charge on any atom is -0.455 e. The third-order valence-electron chi connectivity index (χ3n) is 3.55. The zero-order chi connectivity index (χ0) is 15.4. The fourth-order valence-electron chi connectivity index (χ4n) is 1.99.